The zero-order valence-corrected chi connectivity index (χ0v) is 12.5. The zero-order valence-electron chi connectivity index (χ0n) is 9.31. The Balaban J connectivity index is 2.27. The van der Waals surface area contributed by atoms with Crippen molar-refractivity contribution in [3.8, 4) is 0 Å². The van der Waals surface area contributed by atoms with Gasteiger partial charge in [0.1, 0.15) is 10.8 Å². The van der Waals surface area contributed by atoms with Crippen molar-refractivity contribution < 1.29 is 4.79 Å². The highest BCUT2D eigenvalue weighted by Gasteiger charge is 2.15. The molecule has 0 aliphatic rings. The van der Waals surface area contributed by atoms with Crippen LogP contribution in [-0.2, 0) is 7.05 Å². The van der Waals surface area contributed by atoms with Crippen LogP contribution in [0.15, 0.2) is 22.1 Å². The summed E-state index contributed by atoms with van der Waals surface area (Å²) in [5.41, 5.74) is 6.12. The fourth-order valence-corrected chi connectivity index (χ4v) is 2.80. The predicted octanol–water partition coefficient (Wildman–Crippen LogP) is 2.13. The highest BCUT2D eigenvalue weighted by atomic mass is 79.9. The highest BCUT2D eigenvalue weighted by Crippen LogP contribution is 2.23. The molecule has 0 aliphatic heterocycles. The van der Waals surface area contributed by atoms with Gasteiger partial charge in [-0.3, -0.25) is 9.48 Å². The van der Waals surface area contributed by atoms with Crippen molar-refractivity contribution in [2.75, 3.05) is 5.32 Å². The van der Waals surface area contributed by atoms with Crippen molar-refractivity contribution >= 4 is 56.2 Å². The molecule has 0 radical (unpaired) electrons. The third kappa shape index (κ3) is 2.60. The van der Waals surface area contributed by atoms with Gasteiger partial charge in [-0.15, -0.1) is 11.3 Å². The Labute approximate surface area is 121 Å². The van der Waals surface area contributed by atoms with Crippen molar-refractivity contribution in [3.05, 3.63) is 32.6 Å². The molecule has 94 valence electrons. The number of nitrogens with zero attached hydrogens (tertiary/aromatic N) is 2. The lowest BCUT2D eigenvalue weighted by Gasteiger charge is -2.06. The first-order chi connectivity index (χ1) is 8.49. The number of nitrogens with one attached hydrogen (secondary N) is 1. The number of nitrogens with two attached hydrogens (primary N) is 1. The van der Waals surface area contributed by atoms with Gasteiger partial charge < -0.3 is 11.1 Å². The minimum absolute atomic E-state index is 0.200. The normalized spacial score (nSPS) is 10.3. The van der Waals surface area contributed by atoms with E-state index in [1.807, 2.05) is 6.07 Å². The Bertz CT molecular complexity index is 619. The van der Waals surface area contributed by atoms with Crippen LogP contribution in [0.3, 0.4) is 0 Å². The molecule has 3 N–H and O–H groups in total. The van der Waals surface area contributed by atoms with Crippen LogP contribution in [0.5, 0.6) is 0 Å². The topological polar surface area (TPSA) is 72.9 Å². The van der Waals surface area contributed by atoms with E-state index in [4.69, 9.17) is 18.0 Å². The maximum absolute atomic E-state index is 12.0. The van der Waals surface area contributed by atoms with Gasteiger partial charge >= 0.3 is 0 Å². The Morgan fingerprint density at radius 2 is 2.33 bits per heavy atom. The number of amides is 1. The van der Waals surface area contributed by atoms with Gasteiger partial charge in [0.25, 0.3) is 5.91 Å². The summed E-state index contributed by atoms with van der Waals surface area (Å²) in [6.45, 7) is 0. The standard InChI is InChI=1S/C10H9BrN4OS2/c1-15-9(5(4-13-15)8(12)17)14-10(16)6-2-3-7(11)18-6/h2-4H,1H3,(H2,12,17)(H,14,16). The van der Waals surface area contributed by atoms with Crippen molar-refractivity contribution in [1.82, 2.24) is 9.78 Å². The van der Waals surface area contributed by atoms with Crippen LogP contribution in [0, 0.1) is 0 Å². The number of halogens is 1. The van der Waals surface area contributed by atoms with E-state index in [0.29, 0.717) is 16.3 Å². The summed E-state index contributed by atoms with van der Waals surface area (Å²) < 4.78 is 2.42. The van der Waals surface area contributed by atoms with Gasteiger partial charge in [0.15, 0.2) is 0 Å². The molecule has 2 rings (SSSR count). The van der Waals surface area contributed by atoms with Crippen molar-refractivity contribution in [3.63, 3.8) is 0 Å². The maximum atomic E-state index is 12.0. The fraction of sp³-hybridized carbons (Fsp3) is 0.100. The van der Waals surface area contributed by atoms with E-state index in [1.165, 1.54) is 22.2 Å². The first-order valence-corrected chi connectivity index (χ1v) is 6.89. The van der Waals surface area contributed by atoms with Gasteiger partial charge in [-0.05, 0) is 28.1 Å². The molecular formula is C10H9BrN4OS2. The molecule has 0 fully saturated rings. The summed E-state index contributed by atoms with van der Waals surface area (Å²) in [6.07, 6.45) is 1.53. The molecule has 0 spiro atoms. The smallest absolute Gasteiger partial charge is 0.266 e. The van der Waals surface area contributed by atoms with Crippen LogP contribution < -0.4 is 11.1 Å². The van der Waals surface area contributed by atoms with Crippen LogP contribution in [0.2, 0.25) is 0 Å². The molecule has 5 nitrogen and oxygen atoms in total. The number of thiocarbonyl (C=S) groups is 1. The van der Waals surface area contributed by atoms with E-state index in [-0.39, 0.29) is 10.9 Å². The molecule has 0 aromatic carbocycles. The Morgan fingerprint density at radius 3 is 2.89 bits per heavy atom. The molecule has 0 unspecified atom stereocenters. The van der Waals surface area contributed by atoms with E-state index in [0.717, 1.165) is 3.79 Å². The van der Waals surface area contributed by atoms with Gasteiger partial charge in [0, 0.05) is 7.05 Å². The highest BCUT2D eigenvalue weighted by molar-refractivity contribution is 9.11. The quantitative estimate of drug-likeness (QED) is 0.836. The monoisotopic (exact) mass is 344 g/mol. The zero-order chi connectivity index (χ0) is 13.3. The third-order valence-electron chi connectivity index (χ3n) is 2.23. The summed E-state index contributed by atoms with van der Waals surface area (Å²) in [5.74, 6) is 0.281. The molecule has 0 atom stereocenters. The number of aryl methyl sites for hydroxylation is 1. The number of hydrogen-bond donors (Lipinski definition) is 2. The van der Waals surface area contributed by atoms with Crippen LogP contribution in [0.4, 0.5) is 5.82 Å². The number of hydrogen-bond acceptors (Lipinski definition) is 4. The number of carbonyl (C=O) groups is 1. The predicted molar refractivity (Wildman–Crippen MR) is 79.1 cm³/mol. The summed E-state index contributed by atoms with van der Waals surface area (Å²) in [6, 6.07) is 3.55. The average molecular weight is 345 g/mol. The summed E-state index contributed by atoms with van der Waals surface area (Å²) in [5, 5.41) is 6.77. The number of aromatic nitrogens is 2. The van der Waals surface area contributed by atoms with Crippen LogP contribution in [0.25, 0.3) is 0 Å². The molecule has 2 heterocycles. The number of rotatable bonds is 3. The molecule has 2 aromatic heterocycles. The van der Waals surface area contributed by atoms with E-state index < -0.39 is 0 Å². The largest absolute Gasteiger partial charge is 0.389 e. The van der Waals surface area contributed by atoms with E-state index in [9.17, 15) is 4.79 Å². The second kappa shape index (κ2) is 5.17. The third-order valence-corrected chi connectivity index (χ3v) is 4.08. The minimum atomic E-state index is -0.216. The molecular weight excluding hydrogens is 336 g/mol. The Hall–Kier alpha value is -1.25. The molecule has 0 saturated carbocycles. The summed E-state index contributed by atoms with van der Waals surface area (Å²) in [7, 11) is 1.71. The van der Waals surface area contributed by atoms with Crippen LogP contribution in [-0.4, -0.2) is 20.7 Å². The molecule has 1 amide bonds. The molecule has 0 saturated heterocycles. The maximum Gasteiger partial charge on any atom is 0.266 e. The van der Waals surface area contributed by atoms with Gasteiger partial charge in [0.2, 0.25) is 0 Å². The Kier molecular flexibility index (Phi) is 3.79. The van der Waals surface area contributed by atoms with E-state index in [2.05, 4.69) is 26.3 Å². The summed E-state index contributed by atoms with van der Waals surface area (Å²) >= 11 is 9.56. The lowest BCUT2D eigenvalue weighted by molar-refractivity contribution is 0.102. The Morgan fingerprint density at radius 1 is 1.61 bits per heavy atom. The SMILES string of the molecule is Cn1ncc(C(N)=S)c1NC(=O)c1ccc(Br)s1. The van der Waals surface area contributed by atoms with E-state index in [1.54, 1.807) is 13.1 Å². The molecule has 0 bridgehead atoms. The van der Waals surface area contributed by atoms with Crippen molar-refractivity contribution in [2.24, 2.45) is 12.8 Å². The van der Waals surface area contributed by atoms with Gasteiger partial charge in [-0.25, -0.2) is 0 Å². The molecule has 8 heteroatoms. The van der Waals surface area contributed by atoms with E-state index >= 15 is 0 Å². The number of thiophene rings is 1. The van der Waals surface area contributed by atoms with Gasteiger partial charge in [0.05, 0.1) is 20.4 Å². The van der Waals surface area contributed by atoms with Crippen molar-refractivity contribution in [2.45, 2.75) is 0 Å². The van der Waals surface area contributed by atoms with Gasteiger partial charge in [-0.2, -0.15) is 5.10 Å². The first kappa shape index (κ1) is 13.2. The molecule has 2 aromatic rings. The second-order valence-corrected chi connectivity index (χ2v) is 6.36. The fourth-order valence-electron chi connectivity index (χ4n) is 1.37. The summed E-state index contributed by atoms with van der Waals surface area (Å²) in [4.78, 5) is 12.8. The lowest BCUT2D eigenvalue weighted by atomic mass is 10.3. The minimum Gasteiger partial charge on any atom is -0.389 e. The number of carbonyl (C=O) groups excluding carboxylic acids is 1. The first-order valence-electron chi connectivity index (χ1n) is 4.87. The lowest BCUT2D eigenvalue weighted by Crippen LogP contribution is -2.18. The molecule has 18 heavy (non-hydrogen) atoms. The van der Waals surface area contributed by atoms with Crippen LogP contribution >= 0.6 is 39.5 Å². The average Bonchev–Trinajstić information content (AvgIpc) is 2.87. The molecule has 0 aliphatic carbocycles. The second-order valence-electron chi connectivity index (χ2n) is 3.45. The van der Waals surface area contributed by atoms with Crippen molar-refractivity contribution in [1.29, 1.82) is 0 Å². The van der Waals surface area contributed by atoms with Crippen LogP contribution in [0.1, 0.15) is 15.2 Å². The van der Waals surface area contributed by atoms with Gasteiger partial charge in [-0.1, -0.05) is 12.2 Å². The number of anilines is 1.